The van der Waals surface area contributed by atoms with Crippen LogP contribution in [0.2, 0.25) is 0 Å². The second-order valence-electron chi connectivity index (χ2n) is 3.85. The summed E-state index contributed by atoms with van der Waals surface area (Å²) in [7, 11) is 0. The molecule has 6 nitrogen and oxygen atoms in total. The van der Waals surface area contributed by atoms with Crippen LogP contribution in [0.4, 0.5) is 0 Å². The highest BCUT2D eigenvalue weighted by molar-refractivity contribution is 5.75. The van der Waals surface area contributed by atoms with Crippen molar-refractivity contribution in [2.75, 3.05) is 6.54 Å². The lowest BCUT2D eigenvalue weighted by atomic mass is 10.00. The van der Waals surface area contributed by atoms with E-state index in [1.807, 2.05) is 0 Å². The van der Waals surface area contributed by atoms with Crippen molar-refractivity contribution in [3.05, 3.63) is 0 Å². The Morgan fingerprint density at radius 1 is 1.50 bits per heavy atom. The SMILES string of the molecule is CC(C)(CC(N)=O)NCC(N)C(=O)O. The first-order valence-electron chi connectivity index (χ1n) is 4.26. The number of hydrogen-bond donors (Lipinski definition) is 4. The van der Waals surface area contributed by atoms with Crippen molar-refractivity contribution in [3.8, 4) is 0 Å². The van der Waals surface area contributed by atoms with E-state index >= 15 is 0 Å². The Labute approximate surface area is 82.6 Å². The number of hydrogen-bond acceptors (Lipinski definition) is 4. The summed E-state index contributed by atoms with van der Waals surface area (Å²) >= 11 is 0. The molecule has 1 amide bonds. The lowest BCUT2D eigenvalue weighted by molar-refractivity contribution is -0.138. The molecule has 0 heterocycles. The molecule has 0 aromatic rings. The topological polar surface area (TPSA) is 118 Å². The van der Waals surface area contributed by atoms with Gasteiger partial charge in [0, 0.05) is 18.5 Å². The van der Waals surface area contributed by atoms with Crippen LogP contribution in [-0.4, -0.2) is 35.1 Å². The molecule has 0 aliphatic carbocycles. The summed E-state index contributed by atoms with van der Waals surface area (Å²) in [6.07, 6.45) is 0.138. The highest BCUT2D eigenvalue weighted by Gasteiger charge is 2.22. The number of carbonyl (C=O) groups is 2. The standard InChI is InChI=1S/C8H17N3O3/c1-8(2,3-6(10)12)11-4-5(9)7(13)14/h5,11H,3-4,9H2,1-2H3,(H2,10,12)(H,13,14). The molecule has 0 aliphatic rings. The van der Waals surface area contributed by atoms with Crippen molar-refractivity contribution in [1.29, 1.82) is 0 Å². The van der Waals surface area contributed by atoms with Crippen molar-refractivity contribution >= 4 is 11.9 Å². The van der Waals surface area contributed by atoms with Gasteiger partial charge in [0.05, 0.1) is 0 Å². The fourth-order valence-electron chi connectivity index (χ4n) is 0.972. The summed E-state index contributed by atoms with van der Waals surface area (Å²) in [5, 5.41) is 11.4. The summed E-state index contributed by atoms with van der Waals surface area (Å²) in [6.45, 7) is 3.62. The van der Waals surface area contributed by atoms with E-state index in [1.165, 1.54) is 0 Å². The van der Waals surface area contributed by atoms with Gasteiger partial charge < -0.3 is 21.9 Å². The van der Waals surface area contributed by atoms with Gasteiger partial charge in [0.25, 0.3) is 0 Å². The molecule has 6 heteroatoms. The first-order valence-corrected chi connectivity index (χ1v) is 4.26. The zero-order valence-electron chi connectivity index (χ0n) is 8.41. The van der Waals surface area contributed by atoms with Crippen LogP contribution < -0.4 is 16.8 Å². The molecule has 0 radical (unpaired) electrons. The van der Waals surface area contributed by atoms with Gasteiger partial charge in [-0.2, -0.15) is 0 Å². The number of carboxylic acid groups (broad SMARTS) is 1. The number of primary amides is 1. The van der Waals surface area contributed by atoms with Crippen LogP contribution in [0.5, 0.6) is 0 Å². The van der Waals surface area contributed by atoms with E-state index in [2.05, 4.69) is 5.32 Å². The van der Waals surface area contributed by atoms with Crippen molar-refractivity contribution < 1.29 is 14.7 Å². The minimum atomic E-state index is -1.08. The second-order valence-corrected chi connectivity index (χ2v) is 3.85. The van der Waals surface area contributed by atoms with Gasteiger partial charge in [-0.15, -0.1) is 0 Å². The van der Waals surface area contributed by atoms with Gasteiger partial charge in [0.1, 0.15) is 6.04 Å². The van der Waals surface area contributed by atoms with E-state index in [1.54, 1.807) is 13.8 Å². The third-order valence-electron chi connectivity index (χ3n) is 1.73. The maximum Gasteiger partial charge on any atom is 0.321 e. The average Bonchev–Trinajstić information content (AvgIpc) is 1.97. The van der Waals surface area contributed by atoms with Crippen molar-refractivity contribution in [2.45, 2.75) is 31.8 Å². The van der Waals surface area contributed by atoms with Crippen molar-refractivity contribution in [1.82, 2.24) is 5.32 Å². The Balaban J connectivity index is 3.98. The summed E-state index contributed by atoms with van der Waals surface area (Å²) in [6, 6.07) is -0.970. The first-order chi connectivity index (χ1) is 6.24. The highest BCUT2D eigenvalue weighted by Crippen LogP contribution is 2.06. The fourth-order valence-corrected chi connectivity index (χ4v) is 0.972. The minimum absolute atomic E-state index is 0.107. The maximum atomic E-state index is 10.6. The van der Waals surface area contributed by atoms with Crippen LogP contribution >= 0.6 is 0 Å². The Morgan fingerprint density at radius 2 is 2.00 bits per heavy atom. The van der Waals surface area contributed by atoms with E-state index in [9.17, 15) is 9.59 Å². The number of carbonyl (C=O) groups excluding carboxylic acids is 1. The smallest absolute Gasteiger partial charge is 0.321 e. The number of aliphatic carboxylic acids is 1. The lowest BCUT2D eigenvalue weighted by Gasteiger charge is -2.25. The third-order valence-corrected chi connectivity index (χ3v) is 1.73. The molecule has 1 atom stereocenters. The van der Waals surface area contributed by atoms with Crippen molar-refractivity contribution in [2.24, 2.45) is 11.5 Å². The van der Waals surface area contributed by atoms with Gasteiger partial charge in [0.2, 0.25) is 5.91 Å². The van der Waals surface area contributed by atoms with Gasteiger partial charge in [-0.25, -0.2) is 0 Å². The Kier molecular flexibility index (Phi) is 4.52. The molecular weight excluding hydrogens is 186 g/mol. The summed E-state index contributed by atoms with van der Waals surface area (Å²) in [4.78, 5) is 21.0. The summed E-state index contributed by atoms with van der Waals surface area (Å²) in [5.74, 6) is -1.52. The summed E-state index contributed by atoms with van der Waals surface area (Å²) < 4.78 is 0. The number of rotatable bonds is 6. The molecule has 82 valence electrons. The Morgan fingerprint density at radius 3 is 2.36 bits per heavy atom. The Bertz CT molecular complexity index is 228. The predicted molar refractivity (Wildman–Crippen MR) is 51.5 cm³/mol. The molecule has 0 aromatic heterocycles. The molecule has 0 saturated carbocycles. The van der Waals surface area contributed by atoms with E-state index in [4.69, 9.17) is 16.6 Å². The quantitative estimate of drug-likeness (QED) is 0.425. The zero-order chi connectivity index (χ0) is 11.4. The zero-order valence-corrected chi connectivity index (χ0v) is 8.41. The van der Waals surface area contributed by atoms with E-state index in [-0.39, 0.29) is 13.0 Å². The van der Waals surface area contributed by atoms with Gasteiger partial charge >= 0.3 is 5.97 Å². The maximum absolute atomic E-state index is 10.6. The number of nitrogens with one attached hydrogen (secondary N) is 1. The largest absolute Gasteiger partial charge is 0.480 e. The molecule has 0 aromatic carbocycles. The normalized spacial score (nSPS) is 13.6. The highest BCUT2D eigenvalue weighted by atomic mass is 16.4. The van der Waals surface area contributed by atoms with Gasteiger partial charge in [-0.05, 0) is 13.8 Å². The monoisotopic (exact) mass is 203 g/mol. The molecule has 0 rings (SSSR count). The predicted octanol–water partition coefficient (Wildman–Crippen LogP) is -1.36. The van der Waals surface area contributed by atoms with Gasteiger partial charge in [-0.3, -0.25) is 9.59 Å². The van der Waals surface area contributed by atoms with Crippen LogP contribution in [0, 0.1) is 0 Å². The number of amides is 1. The minimum Gasteiger partial charge on any atom is -0.480 e. The molecule has 6 N–H and O–H groups in total. The first kappa shape index (κ1) is 12.9. The third kappa shape index (κ3) is 5.50. The van der Waals surface area contributed by atoms with Crippen molar-refractivity contribution in [3.63, 3.8) is 0 Å². The molecule has 1 unspecified atom stereocenters. The van der Waals surface area contributed by atoms with E-state index < -0.39 is 23.5 Å². The molecular formula is C8H17N3O3. The van der Waals surface area contributed by atoms with Crippen LogP contribution in [0.1, 0.15) is 20.3 Å². The average molecular weight is 203 g/mol. The van der Waals surface area contributed by atoms with Crippen LogP contribution in [0.3, 0.4) is 0 Å². The Hall–Kier alpha value is -1.14. The molecule has 0 saturated heterocycles. The number of carboxylic acids is 1. The molecule has 0 bridgehead atoms. The summed E-state index contributed by atoms with van der Waals surface area (Å²) in [5.41, 5.74) is 9.77. The molecule has 0 fully saturated rings. The van der Waals surface area contributed by atoms with Gasteiger partial charge in [0.15, 0.2) is 0 Å². The number of nitrogens with two attached hydrogens (primary N) is 2. The molecule has 0 spiro atoms. The fraction of sp³-hybridized carbons (Fsp3) is 0.750. The van der Waals surface area contributed by atoms with Crippen LogP contribution in [0.15, 0.2) is 0 Å². The lowest BCUT2D eigenvalue weighted by Crippen LogP contribution is -2.50. The van der Waals surface area contributed by atoms with E-state index in [0.29, 0.717) is 0 Å². The molecule has 14 heavy (non-hydrogen) atoms. The second kappa shape index (κ2) is 4.92. The van der Waals surface area contributed by atoms with Crippen LogP contribution in [0.25, 0.3) is 0 Å². The van der Waals surface area contributed by atoms with E-state index in [0.717, 1.165) is 0 Å². The van der Waals surface area contributed by atoms with Crippen LogP contribution in [-0.2, 0) is 9.59 Å². The van der Waals surface area contributed by atoms with Gasteiger partial charge in [-0.1, -0.05) is 0 Å². The molecule has 0 aliphatic heterocycles.